The van der Waals surface area contributed by atoms with Crippen LogP contribution in [0.3, 0.4) is 0 Å². The van der Waals surface area contributed by atoms with E-state index < -0.39 is 0 Å². The van der Waals surface area contributed by atoms with Crippen molar-refractivity contribution in [3.05, 3.63) is 169 Å². The van der Waals surface area contributed by atoms with Gasteiger partial charge in [0.25, 0.3) is 0 Å². The van der Waals surface area contributed by atoms with Gasteiger partial charge >= 0.3 is 0 Å². The predicted molar refractivity (Wildman–Crippen MR) is 215 cm³/mol. The first-order valence-corrected chi connectivity index (χ1v) is 18.0. The molecule has 11 rings (SSSR count). The van der Waals surface area contributed by atoms with Crippen LogP contribution in [0.4, 0.5) is 0 Å². The van der Waals surface area contributed by atoms with Crippen molar-refractivity contribution in [1.29, 1.82) is 0 Å². The normalized spacial score (nSPS) is 13.2. The molecule has 250 valence electrons. The number of para-hydroxylation sites is 3. The molecule has 0 N–H and O–H groups in total. The summed E-state index contributed by atoms with van der Waals surface area (Å²) < 4.78 is 9.43. The fraction of sp³-hybridized carbons (Fsp3) is 0.0625. The summed E-state index contributed by atoms with van der Waals surface area (Å²) in [4.78, 5) is 15.0. The van der Waals surface area contributed by atoms with Gasteiger partial charge < -0.3 is 8.98 Å². The van der Waals surface area contributed by atoms with Crippen molar-refractivity contribution in [1.82, 2.24) is 19.5 Å². The first-order valence-electron chi connectivity index (χ1n) is 18.0. The second kappa shape index (κ2) is 11.1. The van der Waals surface area contributed by atoms with Gasteiger partial charge in [-0.25, -0.2) is 15.0 Å². The largest absolute Gasteiger partial charge is 0.453 e. The molecule has 0 fully saturated rings. The Labute approximate surface area is 305 Å². The standard InChI is InChI=1S/C48H32N4O/c1-48(2)37-24-11-9-19-31(37)32-27-28-39-41(42(32)48)35-20-10-12-25-38(35)52(39)40-26-14-22-34-33-21-13-23-36(43(33)53-44(34)40)47-50-45(29-15-5-3-6-16-29)49-46(51-47)30-17-7-4-8-18-30/h3-28H,1-2H3. The van der Waals surface area contributed by atoms with E-state index in [4.69, 9.17) is 19.4 Å². The fourth-order valence-corrected chi connectivity index (χ4v) is 8.68. The predicted octanol–water partition coefficient (Wildman–Crippen LogP) is 12.2. The molecule has 0 bridgehead atoms. The lowest BCUT2D eigenvalue weighted by Gasteiger charge is -2.22. The topological polar surface area (TPSA) is 56.7 Å². The van der Waals surface area contributed by atoms with Crippen molar-refractivity contribution in [3.8, 4) is 51.0 Å². The van der Waals surface area contributed by atoms with Crippen LogP contribution in [0.15, 0.2) is 162 Å². The summed E-state index contributed by atoms with van der Waals surface area (Å²) in [6.45, 7) is 4.72. The Hall–Kier alpha value is -6.85. The molecule has 0 aliphatic heterocycles. The fourth-order valence-electron chi connectivity index (χ4n) is 8.68. The molecular formula is C48H32N4O. The molecule has 5 nitrogen and oxygen atoms in total. The quantitative estimate of drug-likeness (QED) is 0.186. The average Bonchev–Trinajstić information content (AvgIpc) is 3.84. The van der Waals surface area contributed by atoms with Crippen LogP contribution in [0.1, 0.15) is 25.0 Å². The van der Waals surface area contributed by atoms with Crippen LogP contribution >= 0.6 is 0 Å². The van der Waals surface area contributed by atoms with E-state index in [0.717, 1.165) is 55.3 Å². The summed E-state index contributed by atoms with van der Waals surface area (Å²) in [5, 5.41) is 4.58. The lowest BCUT2D eigenvalue weighted by molar-refractivity contribution is 0.666. The van der Waals surface area contributed by atoms with Crippen LogP contribution in [0.25, 0.3) is 94.7 Å². The van der Waals surface area contributed by atoms with Gasteiger partial charge in [0.15, 0.2) is 23.1 Å². The molecule has 10 aromatic rings. The third-order valence-electron chi connectivity index (χ3n) is 11.0. The Morgan fingerprint density at radius 3 is 1.79 bits per heavy atom. The summed E-state index contributed by atoms with van der Waals surface area (Å²) in [6.07, 6.45) is 0. The van der Waals surface area contributed by atoms with E-state index in [0.29, 0.717) is 17.5 Å². The third kappa shape index (κ3) is 4.28. The molecule has 0 saturated heterocycles. The number of aromatic nitrogens is 4. The number of benzene rings is 7. The van der Waals surface area contributed by atoms with Crippen molar-refractivity contribution in [3.63, 3.8) is 0 Å². The van der Waals surface area contributed by atoms with Gasteiger partial charge in [0.2, 0.25) is 0 Å². The maximum absolute atomic E-state index is 7.04. The monoisotopic (exact) mass is 680 g/mol. The van der Waals surface area contributed by atoms with Crippen molar-refractivity contribution >= 4 is 43.7 Å². The minimum absolute atomic E-state index is 0.150. The number of furan rings is 1. The van der Waals surface area contributed by atoms with Crippen LogP contribution in [-0.2, 0) is 5.41 Å². The maximum atomic E-state index is 7.04. The molecule has 7 aromatic carbocycles. The number of rotatable bonds is 4. The average molecular weight is 681 g/mol. The molecule has 1 aliphatic rings. The van der Waals surface area contributed by atoms with E-state index >= 15 is 0 Å². The van der Waals surface area contributed by atoms with Crippen LogP contribution in [-0.4, -0.2) is 19.5 Å². The molecule has 0 amide bonds. The van der Waals surface area contributed by atoms with Gasteiger partial charge in [0, 0.05) is 38.1 Å². The Morgan fingerprint density at radius 1 is 0.453 bits per heavy atom. The maximum Gasteiger partial charge on any atom is 0.167 e. The zero-order chi connectivity index (χ0) is 35.3. The van der Waals surface area contributed by atoms with Gasteiger partial charge in [-0.15, -0.1) is 0 Å². The molecule has 0 saturated carbocycles. The van der Waals surface area contributed by atoms with E-state index in [9.17, 15) is 0 Å². The Kier molecular flexibility index (Phi) is 6.23. The lowest BCUT2D eigenvalue weighted by atomic mass is 9.80. The van der Waals surface area contributed by atoms with E-state index in [1.165, 1.54) is 33.0 Å². The Balaban J connectivity index is 1.17. The number of fused-ring (bicyclic) bond motifs is 10. The Bertz CT molecular complexity index is 3020. The molecule has 0 unspecified atom stereocenters. The molecular weight excluding hydrogens is 649 g/mol. The van der Waals surface area contributed by atoms with Crippen LogP contribution < -0.4 is 0 Å². The van der Waals surface area contributed by atoms with Gasteiger partial charge in [-0.1, -0.05) is 147 Å². The summed E-state index contributed by atoms with van der Waals surface area (Å²) >= 11 is 0. The zero-order valence-electron chi connectivity index (χ0n) is 29.2. The van der Waals surface area contributed by atoms with Crippen LogP contribution in [0.2, 0.25) is 0 Å². The molecule has 3 aromatic heterocycles. The van der Waals surface area contributed by atoms with Crippen LogP contribution in [0, 0.1) is 0 Å². The first kappa shape index (κ1) is 29.8. The van der Waals surface area contributed by atoms with Gasteiger partial charge in [-0.05, 0) is 46.5 Å². The van der Waals surface area contributed by atoms with E-state index in [1.807, 2.05) is 66.7 Å². The SMILES string of the molecule is CC1(C)c2ccccc2-c2ccc3c(c21)c1ccccc1n3-c1cccc2c1oc1c(-c3nc(-c4ccccc4)nc(-c4ccccc4)n3)cccc12. The van der Waals surface area contributed by atoms with E-state index in [2.05, 4.69) is 109 Å². The Morgan fingerprint density at radius 2 is 1.04 bits per heavy atom. The highest BCUT2D eigenvalue weighted by molar-refractivity contribution is 6.16. The minimum Gasteiger partial charge on any atom is -0.453 e. The van der Waals surface area contributed by atoms with Crippen molar-refractivity contribution < 1.29 is 4.42 Å². The highest BCUT2D eigenvalue weighted by atomic mass is 16.3. The van der Waals surface area contributed by atoms with Crippen molar-refractivity contribution in [2.75, 3.05) is 0 Å². The molecule has 0 spiro atoms. The second-order valence-corrected chi connectivity index (χ2v) is 14.4. The minimum atomic E-state index is -0.150. The second-order valence-electron chi connectivity index (χ2n) is 14.4. The first-order chi connectivity index (χ1) is 26.1. The molecule has 53 heavy (non-hydrogen) atoms. The molecule has 1 aliphatic carbocycles. The molecule has 3 heterocycles. The lowest BCUT2D eigenvalue weighted by Crippen LogP contribution is -2.15. The van der Waals surface area contributed by atoms with E-state index in [-0.39, 0.29) is 5.41 Å². The number of hydrogen-bond acceptors (Lipinski definition) is 4. The van der Waals surface area contributed by atoms with Crippen molar-refractivity contribution in [2.24, 2.45) is 0 Å². The van der Waals surface area contributed by atoms with Gasteiger partial charge in [0.1, 0.15) is 5.58 Å². The number of hydrogen-bond donors (Lipinski definition) is 0. The molecule has 5 heteroatoms. The zero-order valence-corrected chi connectivity index (χ0v) is 29.2. The number of nitrogens with zero attached hydrogens (tertiary/aromatic N) is 4. The van der Waals surface area contributed by atoms with Gasteiger partial charge in [-0.3, -0.25) is 0 Å². The van der Waals surface area contributed by atoms with Gasteiger partial charge in [-0.2, -0.15) is 0 Å². The molecule has 0 radical (unpaired) electrons. The van der Waals surface area contributed by atoms with Crippen LogP contribution in [0.5, 0.6) is 0 Å². The summed E-state index contributed by atoms with van der Waals surface area (Å²) in [6, 6.07) is 55.1. The highest BCUT2D eigenvalue weighted by Crippen LogP contribution is 2.53. The summed E-state index contributed by atoms with van der Waals surface area (Å²) in [5.41, 5.74) is 12.8. The van der Waals surface area contributed by atoms with Crippen molar-refractivity contribution in [2.45, 2.75) is 19.3 Å². The highest BCUT2D eigenvalue weighted by Gasteiger charge is 2.38. The van der Waals surface area contributed by atoms with E-state index in [1.54, 1.807) is 0 Å². The van der Waals surface area contributed by atoms with Gasteiger partial charge in [0.05, 0.1) is 22.3 Å². The smallest absolute Gasteiger partial charge is 0.167 e. The third-order valence-corrected chi connectivity index (χ3v) is 11.0. The summed E-state index contributed by atoms with van der Waals surface area (Å²) in [7, 11) is 0. The molecule has 0 atom stereocenters. The summed E-state index contributed by atoms with van der Waals surface area (Å²) in [5.74, 6) is 1.80.